The molecule has 0 saturated heterocycles. The second-order valence-electron chi connectivity index (χ2n) is 5.37. The van der Waals surface area contributed by atoms with Gasteiger partial charge >= 0.3 is 0 Å². The largest absolute Gasteiger partial charge is 0.420 e. The highest BCUT2D eigenvalue weighted by Crippen LogP contribution is 2.27. The average Bonchev–Trinajstić information content (AvgIpc) is 3.13. The third-order valence-corrected chi connectivity index (χ3v) is 3.97. The fourth-order valence-corrected chi connectivity index (χ4v) is 2.77. The van der Waals surface area contributed by atoms with Gasteiger partial charge in [-0.15, -0.1) is 10.2 Å². The van der Waals surface area contributed by atoms with Crippen molar-refractivity contribution in [3.8, 4) is 11.6 Å². The van der Waals surface area contributed by atoms with Crippen LogP contribution in [0.1, 0.15) is 19.7 Å². The van der Waals surface area contributed by atoms with Gasteiger partial charge in [0.15, 0.2) is 0 Å². The Morgan fingerprint density at radius 2 is 1.96 bits per heavy atom. The number of benzene rings is 1. The summed E-state index contributed by atoms with van der Waals surface area (Å²) in [5.74, 6) is 1.02. The molecule has 0 N–H and O–H groups in total. The van der Waals surface area contributed by atoms with Gasteiger partial charge in [0.25, 0.3) is 5.89 Å². The standard InChI is InChI=1S/C17H20N4O2/c1-4-20(5-2)16(22)11-21-14-9-7-6-8-13(14)10-15(21)17-19-18-12(3)23-17/h6-10H,4-5,11H2,1-3H3. The normalized spacial score (nSPS) is 11.1. The molecule has 1 aromatic carbocycles. The van der Waals surface area contributed by atoms with Gasteiger partial charge in [-0.25, -0.2) is 0 Å². The molecule has 0 spiro atoms. The summed E-state index contributed by atoms with van der Waals surface area (Å²) in [6.07, 6.45) is 0. The third-order valence-electron chi connectivity index (χ3n) is 3.97. The summed E-state index contributed by atoms with van der Waals surface area (Å²) in [6, 6.07) is 9.93. The lowest BCUT2D eigenvalue weighted by molar-refractivity contribution is -0.131. The molecule has 0 saturated carbocycles. The summed E-state index contributed by atoms with van der Waals surface area (Å²) in [7, 11) is 0. The number of hydrogen-bond donors (Lipinski definition) is 0. The maximum Gasteiger partial charge on any atom is 0.264 e. The fourth-order valence-electron chi connectivity index (χ4n) is 2.77. The molecule has 0 aliphatic carbocycles. The molecule has 6 heteroatoms. The molecule has 0 bridgehead atoms. The summed E-state index contributed by atoms with van der Waals surface area (Å²) in [5, 5.41) is 9.04. The maximum atomic E-state index is 12.5. The first kappa shape index (κ1) is 15.3. The van der Waals surface area contributed by atoms with Crippen molar-refractivity contribution >= 4 is 16.8 Å². The van der Waals surface area contributed by atoms with E-state index in [9.17, 15) is 4.79 Å². The number of aromatic nitrogens is 3. The van der Waals surface area contributed by atoms with Crippen molar-refractivity contribution in [2.24, 2.45) is 0 Å². The van der Waals surface area contributed by atoms with Crippen LogP contribution in [-0.2, 0) is 11.3 Å². The van der Waals surface area contributed by atoms with Crippen molar-refractivity contribution < 1.29 is 9.21 Å². The molecule has 3 aromatic rings. The van der Waals surface area contributed by atoms with Gasteiger partial charge in [0, 0.05) is 30.9 Å². The highest BCUT2D eigenvalue weighted by Gasteiger charge is 2.19. The zero-order valence-electron chi connectivity index (χ0n) is 13.6. The summed E-state index contributed by atoms with van der Waals surface area (Å²) >= 11 is 0. The van der Waals surface area contributed by atoms with Gasteiger partial charge in [0.1, 0.15) is 12.2 Å². The number of carbonyl (C=O) groups is 1. The number of carbonyl (C=O) groups excluding carboxylic acids is 1. The molecule has 0 radical (unpaired) electrons. The average molecular weight is 312 g/mol. The number of hydrogen-bond acceptors (Lipinski definition) is 4. The maximum absolute atomic E-state index is 12.5. The van der Waals surface area contributed by atoms with E-state index in [1.807, 2.05) is 53.6 Å². The molecule has 0 aliphatic heterocycles. The minimum Gasteiger partial charge on any atom is -0.420 e. The van der Waals surface area contributed by atoms with Gasteiger partial charge in [-0.1, -0.05) is 18.2 Å². The van der Waals surface area contributed by atoms with Crippen LogP contribution in [0.4, 0.5) is 0 Å². The third kappa shape index (κ3) is 2.84. The molecular formula is C17H20N4O2. The van der Waals surface area contributed by atoms with Crippen molar-refractivity contribution in [2.75, 3.05) is 13.1 Å². The van der Waals surface area contributed by atoms with Crippen LogP contribution in [0.5, 0.6) is 0 Å². The van der Waals surface area contributed by atoms with Crippen LogP contribution in [0.25, 0.3) is 22.5 Å². The van der Waals surface area contributed by atoms with Gasteiger partial charge < -0.3 is 13.9 Å². The number of likely N-dealkylation sites (N-methyl/N-ethyl adjacent to an activating group) is 1. The minimum absolute atomic E-state index is 0.0776. The molecule has 23 heavy (non-hydrogen) atoms. The zero-order chi connectivity index (χ0) is 16.4. The van der Waals surface area contributed by atoms with Crippen LogP contribution in [0.15, 0.2) is 34.7 Å². The Kier molecular flexibility index (Phi) is 4.14. The van der Waals surface area contributed by atoms with E-state index in [-0.39, 0.29) is 12.5 Å². The van der Waals surface area contributed by atoms with Crippen LogP contribution >= 0.6 is 0 Å². The Bertz CT molecular complexity index is 830. The summed E-state index contributed by atoms with van der Waals surface area (Å²) in [6.45, 7) is 7.37. The van der Waals surface area contributed by atoms with Gasteiger partial charge in [0.05, 0.1) is 0 Å². The molecular weight excluding hydrogens is 292 g/mol. The van der Waals surface area contributed by atoms with E-state index in [2.05, 4.69) is 10.2 Å². The number of rotatable bonds is 5. The molecule has 2 heterocycles. The first-order valence-electron chi connectivity index (χ1n) is 7.80. The monoisotopic (exact) mass is 312 g/mol. The zero-order valence-corrected chi connectivity index (χ0v) is 13.6. The number of aryl methyl sites for hydroxylation is 1. The molecule has 0 unspecified atom stereocenters. The van der Waals surface area contributed by atoms with Crippen LogP contribution in [-0.4, -0.2) is 38.7 Å². The van der Waals surface area contributed by atoms with Gasteiger partial charge in [-0.3, -0.25) is 4.79 Å². The number of para-hydroxylation sites is 1. The predicted molar refractivity (Wildman–Crippen MR) is 87.9 cm³/mol. The van der Waals surface area contributed by atoms with Gasteiger partial charge in [0.2, 0.25) is 11.8 Å². The predicted octanol–water partition coefficient (Wildman–Crippen LogP) is 2.87. The molecule has 0 atom stereocenters. The van der Waals surface area contributed by atoms with Crippen LogP contribution < -0.4 is 0 Å². The van der Waals surface area contributed by atoms with Crippen molar-refractivity contribution in [3.05, 3.63) is 36.2 Å². The van der Waals surface area contributed by atoms with Gasteiger partial charge in [-0.05, 0) is 26.0 Å². The van der Waals surface area contributed by atoms with Gasteiger partial charge in [-0.2, -0.15) is 0 Å². The molecule has 3 rings (SSSR count). The van der Waals surface area contributed by atoms with Crippen molar-refractivity contribution in [1.29, 1.82) is 0 Å². The number of nitrogens with zero attached hydrogens (tertiary/aromatic N) is 4. The summed E-state index contributed by atoms with van der Waals surface area (Å²) in [5.41, 5.74) is 1.76. The van der Waals surface area contributed by atoms with E-state index in [0.29, 0.717) is 24.9 Å². The minimum atomic E-state index is 0.0776. The van der Waals surface area contributed by atoms with E-state index in [0.717, 1.165) is 16.6 Å². The Labute approximate surface area is 134 Å². The fraction of sp³-hybridized carbons (Fsp3) is 0.353. The molecule has 0 fully saturated rings. The second-order valence-corrected chi connectivity index (χ2v) is 5.37. The van der Waals surface area contributed by atoms with E-state index in [1.165, 1.54) is 0 Å². The smallest absolute Gasteiger partial charge is 0.264 e. The van der Waals surface area contributed by atoms with E-state index in [1.54, 1.807) is 6.92 Å². The highest BCUT2D eigenvalue weighted by molar-refractivity contribution is 5.88. The highest BCUT2D eigenvalue weighted by atomic mass is 16.4. The van der Waals surface area contributed by atoms with Crippen LogP contribution in [0, 0.1) is 6.92 Å². The first-order chi connectivity index (χ1) is 11.1. The Balaban J connectivity index is 2.08. The number of fused-ring (bicyclic) bond motifs is 1. The van der Waals surface area contributed by atoms with Crippen LogP contribution in [0.2, 0.25) is 0 Å². The lowest BCUT2D eigenvalue weighted by Crippen LogP contribution is -2.33. The lowest BCUT2D eigenvalue weighted by atomic mass is 10.2. The molecule has 120 valence electrons. The Morgan fingerprint density at radius 1 is 1.22 bits per heavy atom. The van der Waals surface area contributed by atoms with Crippen LogP contribution in [0.3, 0.4) is 0 Å². The second kappa shape index (κ2) is 6.24. The van der Waals surface area contributed by atoms with Crippen molar-refractivity contribution in [3.63, 3.8) is 0 Å². The summed E-state index contributed by atoms with van der Waals surface area (Å²) in [4.78, 5) is 14.4. The quantitative estimate of drug-likeness (QED) is 0.726. The number of amides is 1. The summed E-state index contributed by atoms with van der Waals surface area (Å²) < 4.78 is 7.51. The Morgan fingerprint density at radius 3 is 2.61 bits per heavy atom. The lowest BCUT2D eigenvalue weighted by Gasteiger charge is -2.19. The molecule has 1 amide bonds. The Hall–Kier alpha value is -2.63. The van der Waals surface area contributed by atoms with Crippen molar-refractivity contribution in [2.45, 2.75) is 27.3 Å². The SMILES string of the molecule is CCN(CC)C(=O)Cn1c(-c2nnc(C)o2)cc2ccccc21. The van der Waals surface area contributed by atoms with E-state index < -0.39 is 0 Å². The van der Waals surface area contributed by atoms with E-state index in [4.69, 9.17) is 4.42 Å². The van der Waals surface area contributed by atoms with E-state index >= 15 is 0 Å². The first-order valence-corrected chi connectivity index (χ1v) is 7.80. The molecule has 6 nitrogen and oxygen atoms in total. The molecule has 2 aromatic heterocycles. The topological polar surface area (TPSA) is 64.2 Å². The van der Waals surface area contributed by atoms with Crippen molar-refractivity contribution in [1.82, 2.24) is 19.7 Å². The molecule has 0 aliphatic rings.